The van der Waals surface area contributed by atoms with Gasteiger partial charge in [0.05, 0.1) is 12.2 Å². The minimum atomic E-state index is -1.59. The van der Waals surface area contributed by atoms with Crippen LogP contribution < -0.4 is 0 Å². The van der Waals surface area contributed by atoms with Crippen LogP contribution in [-0.4, -0.2) is 47.6 Å². The summed E-state index contributed by atoms with van der Waals surface area (Å²) in [6.07, 6.45) is 6.59. The third kappa shape index (κ3) is 5.99. The molecule has 130 valence electrons. The summed E-state index contributed by atoms with van der Waals surface area (Å²) in [5, 5.41) is 0. The minimum Gasteiger partial charge on any atom is -0.464 e. The van der Waals surface area contributed by atoms with Crippen LogP contribution >= 0.6 is 0 Å². The van der Waals surface area contributed by atoms with Crippen LogP contribution in [0.1, 0.15) is 25.7 Å². The van der Waals surface area contributed by atoms with Gasteiger partial charge in [0.15, 0.2) is 25.0 Å². The molecule has 0 bridgehead atoms. The molecule has 0 spiro atoms. The molecule has 2 fully saturated rings. The number of epoxide rings is 1. The van der Waals surface area contributed by atoms with E-state index in [1.165, 1.54) is 37.4 Å². The summed E-state index contributed by atoms with van der Waals surface area (Å²) in [7, 11) is -3.73. The van der Waals surface area contributed by atoms with E-state index in [2.05, 4.69) is 39.3 Å². The molecule has 0 N–H and O–H groups in total. The summed E-state index contributed by atoms with van der Waals surface area (Å²) in [6, 6.07) is 1.31. The molecule has 1 aliphatic heterocycles. The van der Waals surface area contributed by atoms with Crippen molar-refractivity contribution in [2.75, 3.05) is 0 Å². The second-order valence-corrected chi connectivity index (χ2v) is 24.1. The van der Waals surface area contributed by atoms with Gasteiger partial charge in [0.2, 0.25) is 0 Å². The lowest BCUT2D eigenvalue weighted by molar-refractivity contribution is 0.355. The molecule has 1 saturated carbocycles. The Morgan fingerprint density at radius 3 is 2.23 bits per heavy atom. The maximum atomic E-state index is 6.81. The third-order valence-electron chi connectivity index (χ3n) is 5.22. The molecule has 3 nitrogen and oxygen atoms in total. The van der Waals surface area contributed by atoms with E-state index in [-0.39, 0.29) is 0 Å². The number of hydrogen-bond acceptors (Lipinski definition) is 3. The second kappa shape index (κ2) is 6.93. The Morgan fingerprint density at radius 1 is 0.955 bits per heavy atom. The molecule has 0 aromatic heterocycles. The van der Waals surface area contributed by atoms with Crippen LogP contribution in [0.4, 0.5) is 0 Å². The Labute approximate surface area is 143 Å². The van der Waals surface area contributed by atoms with Crippen molar-refractivity contribution in [3.8, 4) is 0 Å². The lowest BCUT2D eigenvalue weighted by atomic mass is 9.88. The lowest BCUT2D eigenvalue weighted by Gasteiger charge is -2.38. The van der Waals surface area contributed by atoms with Crippen molar-refractivity contribution in [2.24, 2.45) is 5.92 Å². The molecule has 2 aliphatic rings. The van der Waals surface area contributed by atoms with E-state index in [1.54, 1.807) is 0 Å². The molecular weight excluding hydrogens is 341 g/mol. The lowest BCUT2D eigenvalue weighted by Crippen LogP contribution is -2.50. The standard InChI is InChI=1S/C15H36O3Si4/c1-20(2,18-22(5,6)12-21(3,4)17-19)10-9-13-7-8-14-15(11-13)16-14/h13-15H,7-12H2,1-6,19H3. The van der Waals surface area contributed by atoms with Gasteiger partial charge in [0, 0.05) is 0 Å². The molecule has 2 rings (SSSR count). The van der Waals surface area contributed by atoms with Crippen LogP contribution in [0.25, 0.3) is 0 Å². The van der Waals surface area contributed by atoms with E-state index >= 15 is 0 Å². The quantitative estimate of drug-likeness (QED) is 0.480. The summed E-state index contributed by atoms with van der Waals surface area (Å²) in [5.74, 6) is 0.889. The largest absolute Gasteiger partial charge is 0.464 e. The normalized spacial score (nSPS) is 29.5. The van der Waals surface area contributed by atoms with Gasteiger partial charge in [0.1, 0.15) is 10.5 Å². The maximum absolute atomic E-state index is 6.81. The van der Waals surface area contributed by atoms with Gasteiger partial charge in [-0.15, -0.1) is 0 Å². The van der Waals surface area contributed by atoms with Gasteiger partial charge in [-0.3, -0.25) is 0 Å². The molecule has 22 heavy (non-hydrogen) atoms. The Morgan fingerprint density at radius 2 is 1.64 bits per heavy atom. The number of rotatable bonds is 8. The average molecular weight is 377 g/mol. The van der Waals surface area contributed by atoms with E-state index in [0.717, 1.165) is 16.4 Å². The second-order valence-electron chi connectivity index (χ2n) is 9.19. The van der Waals surface area contributed by atoms with Crippen LogP contribution in [-0.2, 0) is 13.0 Å². The fourth-order valence-electron chi connectivity index (χ4n) is 4.23. The van der Waals surface area contributed by atoms with Crippen LogP contribution in [0.5, 0.6) is 0 Å². The first kappa shape index (κ1) is 19.1. The first-order valence-corrected chi connectivity index (χ1v) is 19.1. The topological polar surface area (TPSA) is 31.0 Å². The zero-order valence-corrected chi connectivity index (χ0v) is 20.7. The minimum absolute atomic E-state index is 0.618. The third-order valence-corrected chi connectivity index (χ3v) is 22.4. The highest BCUT2D eigenvalue weighted by Gasteiger charge is 2.44. The van der Waals surface area contributed by atoms with E-state index in [4.69, 9.17) is 13.0 Å². The predicted molar refractivity (Wildman–Crippen MR) is 105 cm³/mol. The van der Waals surface area contributed by atoms with Gasteiger partial charge in [-0.2, -0.15) is 0 Å². The molecule has 1 heterocycles. The van der Waals surface area contributed by atoms with Crippen LogP contribution in [0.3, 0.4) is 0 Å². The zero-order chi connectivity index (χ0) is 16.6. The maximum Gasteiger partial charge on any atom is 0.173 e. The summed E-state index contributed by atoms with van der Waals surface area (Å²) in [5.41, 5.74) is 1.24. The Bertz CT molecular complexity index is 387. The van der Waals surface area contributed by atoms with E-state index in [9.17, 15) is 0 Å². The van der Waals surface area contributed by atoms with E-state index in [0.29, 0.717) is 12.2 Å². The molecular formula is C15H36O3Si4. The summed E-state index contributed by atoms with van der Waals surface area (Å²) in [6.45, 7) is 14.4. The van der Waals surface area contributed by atoms with Crippen molar-refractivity contribution < 1.29 is 13.0 Å². The fraction of sp³-hybridized carbons (Fsp3) is 1.00. The molecule has 7 heteroatoms. The van der Waals surface area contributed by atoms with E-state index < -0.39 is 25.0 Å². The Hall–Kier alpha value is 0.748. The van der Waals surface area contributed by atoms with Crippen molar-refractivity contribution >= 4 is 35.4 Å². The Kier molecular flexibility index (Phi) is 6.01. The number of hydrogen-bond donors (Lipinski definition) is 0. The first-order chi connectivity index (χ1) is 10.0. The molecule has 3 atom stereocenters. The monoisotopic (exact) mass is 376 g/mol. The van der Waals surface area contributed by atoms with Crippen molar-refractivity contribution in [1.29, 1.82) is 0 Å². The predicted octanol–water partition coefficient (Wildman–Crippen LogP) is 3.41. The van der Waals surface area contributed by atoms with E-state index in [1.807, 2.05) is 0 Å². The fourth-order valence-corrected chi connectivity index (χ4v) is 22.7. The Balaban J connectivity index is 1.78. The number of fused-ring (bicyclic) bond motifs is 1. The SMILES string of the molecule is C[Si](C)(C[Si](C)(C)O[Si](C)(C)CCC1CCC2OC2C1)O[SiH3]. The van der Waals surface area contributed by atoms with Gasteiger partial charge >= 0.3 is 0 Å². The van der Waals surface area contributed by atoms with Gasteiger partial charge in [-0.25, -0.2) is 0 Å². The average Bonchev–Trinajstić information content (AvgIpc) is 3.12. The molecule has 3 unspecified atom stereocenters. The summed E-state index contributed by atoms with van der Waals surface area (Å²) < 4.78 is 18.4. The zero-order valence-electron chi connectivity index (χ0n) is 15.7. The van der Waals surface area contributed by atoms with Crippen LogP contribution in [0.15, 0.2) is 0 Å². The van der Waals surface area contributed by atoms with Crippen LogP contribution in [0, 0.1) is 5.92 Å². The van der Waals surface area contributed by atoms with Gasteiger partial charge in [0.25, 0.3) is 0 Å². The molecule has 0 amide bonds. The van der Waals surface area contributed by atoms with Crippen molar-refractivity contribution in [3.63, 3.8) is 0 Å². The highest BCUT2D eigenvalue weighted by atomic mass is 28.5. The number of ether oxygens (including phenoxy) is 1. The van der Waals surface area contributed by atoms with Crippen molar-refractivity contribution in [1.82, 2.24) is 0 Å². The molecule has 1 saturated heterocycles. The van der Waals surface area contributed by atoms with Gasteiger partial charge < -0.3 is 13.0 Å². The van der Waals surface area contributed by atoms with Crippen LogP contribution in [0.2, 0.25) is 51.0 Å². The molecule has 1 aliphatic carbocycles. The molecule has 0 radical (unpaired) electrons. The highest BCUT2D eigenvalue weighted by molar-refractivity contribution is 6.94. The summed E-state index contributed by atoms with van der Waals surface area (Å²) >= 11 is 0. The summed E-state index contributed by atoms with van der Waals surface area (Å²) in [4.78, 5) is 0. The van der Waals surface area contributed by atoms with Gasteiger partial charge in [-0.1, -0.05) is 6.42 Å². The smallest absolute Gasteiger partial charge is 0.173 e. The molecule has 0 aromatic rings. The van der Waals surface area contributed by atoms with Crippen molar-refractivity contribution in [3.05, 3.63) is 0 Å². The first-order valence-electron chi connectivity index (χ1n) is 8.93. The molecule has 0 aromatic carbocycles. The van der Waals surface area contributed by atoms with Gasteiger partial charge in [-0.05, 0) is 76.2 Å². The highest BCUT2D eigenvalue weighted by Crippen LogP contribution is 2.41. The van der Waals surface area contributed by atoms with Crippen molar-refractivity contribution in [2.45, 2.75) is 88.9 Å².